The molecule has 5 nitrogen and oxygen atoms in total. The van der Waals surface area contributed by atoms with Gasteiger partial charge in [-0.25, -0.2) is 4.98 Å². The molecular weight excluding hydrogens is 380 g/mol. The van der Waals surface area contributed by atoms with E-state index in [0.29, 0.717) is 13.1 Å². The predicted molar refractivity (Wildman–Crippen MR) is 115 cm³/mol. The molecule has 0 bridgehead atoms. The third kappa shape index (κ3) is 4.60. The Balaban J connectivity index is 1.59. The molecule has 6 heteroatoms. The van der Waals surface area contributed by atoms with Crippen molar-refractivity contribution in [3.05, 3.63) is 106 Å². The first-order valence-corrected chi connectivity index (χ1v) is 10.3. The van der Waals surface area contributed by atoms with Gasteiger partial charge in [0.05, 0.1) is 11.4 Å². The number of pyridine rings is 1. The zero-order valence-electron chi connectivity index (χ0n) is 16.2. The second-order valence-corrected chi connectivity index (χ2v) is 7.85. The Bertz CT molecular complexity index is 1070. The summed E-state index contributed by atoms with van der Waals surface area (Å²) < 4.78 is 2.11. The third-order valence-electron chi connectivity index (χ3n) is 4.85. The summed E-state index contributed by atoms with van der Waals surface area (Å²) >= 11 is 1.46. The Morgan fingerprint density at radius 3 is 2.72 bits per heavy atom. The maximum absolute atomic E-state index is 13.1. The van der Waals surface area contributed by atoms with Gasteiger partial charge in [0.25, 0.3) is 5.91 Å². The highest BCUT2D eigenvalue weighted by atomic mass is 32.1. The minimum atomic E-state index is 0.00861. The van der Waals surface area contributed by atoms with Crippen LogP contribution in [-0.2, 0) is 19.6 Å². The van der Waals surface area contributed by atoms with Gasteiger partial charge in [-0.15, -0.1) is 11.3 Å². The van der Waals surface area contributed by atoms with Gasteiger partial charge in [-0.1, -0.05) is 36.4 Å². The van der Waals surface area contributed by atoms with E-state index < -0.39 is 0 Å². The summed E-state index contributed by atoms with van der Waals surface area (Å²) in [4.78, 5) is 24.4. The number of thiophene rings is 1. The number of carbonyl (C=O) groups is 1. The molecule has 1 aromatic carbocycles. The summed E-state index contributed by atoms with van der Waals surface area (Å²) in [6, 6.07) is 16.0. The van der Waals surface area contributed by atoms with Crippen LogP contribution in [0.15, 0.2) is 78.7 Å². The Hall–Kier alpha value is -3.25. The molecule has 29 heavy (non-hydrogen) atoms. The van der Waals surface area contributed by atoms with Gasteiger partial charge in [0.2, 0.25) is 0 Å². The molecule has 3 aromatic heterocycles. The van der Waals surface area contributed by atoms with Crippen molar-refractivity contribution >= 4 is 17.2 Å². The third-order valence-corrected chi connectivity index (χ3v) is 5.71. The standard InChI is InChI=1S/C23H22N4OS/c1-18-6-2-3-8-20(18)16-26-12-11-25-22(26)17-27(15-19-7-4-10-24-14-19)23(28)21-9-5-13-29-21/h2-14H,15-17H2,1H3. The highest BCUT2D eigenvalue weighted by Crippen LogP contribution is 2.18. The van der Waals surface area contributed by atoms with Crippen LogP contribution >= 0.6 is 11.3 Å². The Kier molecular flexibility index (Phi) is 5.81. The topological polar surface area (TPSA) is 51.0 Å². The Morgan fingerprint density at radius 1 is 1.07 bits per heavy atom. The van der Waals surface area contributed by atoms with Gasteiger partial charge in [-0.3, -0.25) is 9.78 Å². The van der Waals surface area contributed by atoms with Gasteiger partial charge >= 0.3 is 0 Å². The molecule has 0 saturated heterocycles. The van der Waals surface area contributed by atoms with E-state index in [0.717, 1.165) is 22.8 Å². The van der Waals surface area contributed by atoms with Crippen molar-refractivity contribution in [1.29, 1.82) is 0 Å². The van der Waals surface area contributed by atoms with Gasteiger partial charge in [-0.05, 0) is 41.1 Å². The van der Waals surface area contributed by atoms with E-state index in [9.17, 15) is 4.79 Å². The number of hydrogen-bond acceptors (Lipinski definition) is 4. The molecule has 4 aromatic rings. The van der Waals surface area contributed by atoms with Gasteiger partial charge in [0, 0.05) is 37.9 Å². The van der Waals surface area contributed by atoms with Gasteiger partial charge in [-0.2, -0.15) is 0 Å². The lowest BCUT2D eigenvalue weighted by atomic mass is 10.1. The molecule has 3 heterocycles. The Labute approximate surface area is 174 Å². The van der Waals surface area contributed by atoms with Crippen LogP contribution in [0, 0.1) is 6.92 Å². The zero-order valence-corrected chi connectivity index (χ0v) is 17.0. The van der Waals surface area contributed by atoms with Crippen LogP contribution in [0.1, 0.15) is 32.2 Å². The summed E-state index contributed by atoms with van der Waals surface area (Å²) in [5, 5.41) is 1.93. The van der Waals surface area contributed by atoms with Crippen molar-refractivity contribution in [2.75, 3.05) is 0 Å². The summed E-state index contributed by atoms with van der Waals surface area (Å²) in [7, 11) is 0. The van der Waals surface area contributed by atoms with Crippen molar-refractivity contribution in [2.24, 2.45) is 0 Å². The zero-order chi connectivity index (χ0) is 20.1. The van der Waals surface area contributed by atoms with E-state index in [2.05, 4.69) is 33.6 Å². The second-order valence-electron chi connectivity index (χ2n) is 6.90. The van der Waals surface area contributed by atoms with E-state index in [1.54, 1.807) is 18.6 Å². The molecule has 0 aliphatic heterocycles. The molecule has 0 atom stereocenters. The lowest BCUT2D eigenvalue weighted by Gasteiger charge is -2.22. The smallest absolute Gasteiger partial charge is 0.264 e. The van der Waals surface area contributed by atoms with Gasteiger partial charge in [0.15, 0.2) is 0 Å². The summed E-state index contributed by atoms with van der Waals surface area (Å²) in [6.45, 7) is 3.77. The summed E-state index contributed by atoms with van der Waals surface area (Å²) in [5.74, 6) is 0.872. The molecule has 0 radical (unpaired) electrons. The number of nitrogens with zero attached hydrogens (tertiary/aromatic N) is 4. The lowest BCUT2D eigenvalue weighted by molar-refractivity contribution is 0.0728. The van der Waals surface area contributed by atoms with Gasteiger partial charge < -0.3 is 9.47 Å². The van der Waals surface area contributed by atoms with E-state index in [1.165, 1.54) is 22.5 Å². The van der Waals surface area contributed by atoms with E-state index in [1.807, 2.05) is 52.9 Å². The fourth-order valence-electron chi connectivity index (χ4n) is 3.25. The summed E-state index contributed by atoms with van der Waals surface area (Å²) in [5.41, 5.74) is 3.48. The first-order chi connectivity index (χ1) is 14.2. The van der Waals surface area contributed by atoms with Crippen LogP contribution in [0.25, 0.3) is 0 Å². The average Bonchev–Trinajstić information content (AvgIpc) is 3.42. The number of benzene rings is 1. The second kappa shape index (κ2) is 8.84. The highest BCUT2D eigenvalue weighted by Gasteiger charge is 2.20. The number of carbonyl (C=O) groups excluding carboxylic acids is 1. The molecule has 4 rings (SSSR count). The largest absolute Gasteiger partial charge is 0.329 e. The quantitative estimate of drug-likeness (QED) is 0.456. The van der Waals surface area contributed by atoms with Crippen LogP contribution < -0.4 is 0 Å². The predicted octanol–water partition coefficient (Wildman–Crippen LogP) is 4.54. The number of aryl methyl sites for hydroxylation is 1. The molecule has 0 spiro atoms. The number of amides is 1. The first-order valence-electron chi connectivity index (χ1n) is 9.47. The molecular formula is C23H22N4OS. The van der Waals surface area contributed by atoms with E-state index >= 15 is 0 Å². The molecule has 146 valence electrons. The molecule has 0 fully saturated rings. The van der Waals surface area contributed by atoms with E-state index in [4.69, 9.17) is 0 Å². The number of hydrogen-bond donors (Lipinski definition) is 0. The van der Waals surface area contributed by atoms with Crippen molar-refractivity contribution in [1.82, 2.24) is 19.4 Å². The molecule has 1 amide bonds. The van der Waals surface area contributed by atoms with Crippen LogP contribution in [0.2, 0.25) is 0 Å². The molecule has 0 aliphatic rings. The van der Waals surface area contributed by atoms with Crippen molar-refractivity contribution in [2.45, 2.75) is 26.6 Å². The van der Waals surface area contributed by atoms with Crippen LogP contribution in [0.4, 0.5) is 0 Å². The fourth-order valence-corrected chi connectivity index (χ4v) is 3.94. The molecule has 0 N–H and O–H groups in total. The first kappa shape index (κ1) is 19.1. The minimum absolute atomic E-state index is 0.00861. The number of rotatable bonds is 7. The van der Waals surface area contributed by atoms with Crippen molar-refractivity contribution in [3.63, 3.8) is 0 Å². The average molecular weight is 403 g/mol. The summed E-state index contributed by atoms with van der Waals surface area (Å²) in [6.07, 6.45) is 7.31. The number of imidazole rings is 1. The molecule has 0 aliphatic carbocycles. The monoisotopic (exact) mass is 402 g/mol. The van der Waals surface area contributed by atoms with Crippen molar-refractivity contribution in [3.8, 4) is 0 Å². The van der Waals surface area contributed by atoms with Gasteiger partial charge in [0.1, 0.15) is 5.82 Å². The lowest BCUT2D eigenvalue weighted by Crippen LogP contribution is -2.31. The Morgan fingerprint density at radius 2 is 1.97 bits per heavy atom. The SMILES string of the molecule is Cc1ccccc1Cn1ccnc1CN(Cc1cccnc1)C(=O)c1cccs1. The number of aromatic nitrogens is 3. The minimum Gasteiger partial charge on any atom is -0.329 e. The van der Waals surface area contributed by atoms with Crippen LogP contribution in [-0.4, -0.2) is 25.3 Å². The maximum atomic E-state index is 13.1. The maximum Gasteiger partial charge on any atom is 0.264 e. The van der Waals surface area contributed by atoms with Crippen molar-refractivity contribution < 1.29 is 4.79 Å². The van der Waals surface area contributed by atoms with Crippen LogP contribution in [0.3, 0.4) is 0 Å². The normalized spacial score (nSPS) is 10.8. The molecule has 0 unspecified atom stereocenters. The highest BCUT2D eigenvalue weighted by molar-refractivity contribution is 7.12. The fraction of sp³-hybridized carbons (Fsp3) is 0.174. The molecule has 0 saturated carbocycles. The van der Waals surface area contributed by atoms with Crippen LogP contribution in [0.5, 0.6) is 0 Å². The van der Waals surface area contributed by atoms with E-state index in [-0.39, 0.29) is 5.91 Å².